The number of aromatic hydroxyl groups is 1. The number of fused-ring (bicyclic) bond motifs is 2. The zero-order valence-corrected chi connectivity index (χ0v) is 34.0. The Kier molecular flexibility index (Phi) is 11.1. The first kappa shape index (κ1) is 39.4. The lowest BCUT2D eigenvalue weighted by Crippen LogP contribution is -2.54. The molecule has 0 radical (unpaired) electrons. The molecule has 0 spiro atoms. The Bertz CT molecular complexity index is 2210. The van der Waals surface area contributed by atoms with E-state index in [1.807, 2.05) is 53.2 Å². The molecule has 0 unspecified atom stereocenters. The Balaban J connectivity index is 0.741. The van der Waals surface area contributed by atoms with E-state index in [0.717, 1.165) is 76.1 Å². The van der Waals surface area contributed by atoms with Gasteiger partial charge in [-0.2, -0.15) is 4.98 Å². The summed E-state index contributed by atoms with van der Waals surface area (Å²) < 4.78 is 6.42. The number of nitrogens with zero attached hydrogens (tertiary/aromatic N) is 9. The van der Waals surface area contributed by atoms with Crippen LogP contribution in [0.4, 0.5) is 23.1 Å². The number of likely N-dealkylation sites (N-methyl/N-ethyl adjacent to an activating group) is 1. The lowest BCUT2D eigenvalue weighted by Gasteiger charge is -2.42. The Morgan fingerprint density at radius 2 is 1.68 bits per heavy atom. The van der Waals surface area contributed by atoms with E-state index in [2.05, 4.69) is 47.3 Å². The van der Waals surface area contributed by atoms with Crippen LogP contribution in [0.15, 0.2) is 66.9 Å². The van der Waals surface area contributed by atoms with Gasteiger partial charge >= 0.3 is 0 Å². The van der Waals surface area contributed by atoms with Gasteiger partial charge in [-0.25, -0.2) is 4.98 Å². The molecular formula is C44H53N11O5. The number of rotatable bonds is 10. The summed E-state index contributed by atoms with van der Waals surface area (Å²) in [5, 5.41) is 21.4. The molecule has 2 aromatic carbocycles. The van der Waals surface area contributed by atoms with Crippen LogP contribution in [0.3, 0.4) is 0 Å². The Morgan fingerprint density at radius 3 is 2.43 bits per heavy atom. The number of amides is 3. The highest BCUT2D eigenvalue weighted by Crippen LogP contribution is 2.39. The number of aromatic nitrogens is 4. The number of likely N-dealkylation sites (tertiary alicyclic amines) is 2. The molecule has 4 N–H and O–H groups in total. The lowest BCUT2D eigenvalue weighted by atomic mass is 9.89. The molecule has 5 fully saturated rings. The Hall–Kier alpha value is -6.03. The Labute approximate surface area is 349 Å². The van der Waals surface area contributed by atoms with Gasteiger partial charge < -0.3 is 35.2 Å². The van der Waals surface area contributed by atoms with Crippen LogP contribution in [-0.4, -0.2) is 130 Å². The number of imide groups is 1. The first-order chi connectivity index (χ1) is 29.2. The van der Waals surface area contributed by atoms with Crippen LogP contribution in [0.1, 0.15) is 62.8 Å². The molecule has 5 aliphatic heterocycles. The number of hydrogen-bond donors (Lipinski definition) is 3. The molecule has 16 nitrogen and oxygen atoms in total. The van der Waals surface area contributed by atoms with Gasteiger partial charge in [-0.15, -0.1) is 10.2 Å². The van der Waals surface area contributed by atoms with Gasteiger partial charge in [0.1, 0.15) is 17.9 Å². The average Bonchev–Trinajstić information content (AvgIpc) is 3.53. The minimum absolute atomic E-state index is 0.0358. The lowest BCUT2D eigenvalue weighted by molar-refractivity contribution is -0.135. The van der Waals surface area contributed by atoms with Gasteiger partial charge in [-0.05, 0) is 87.0 Å². The minimum atomic E-state index is -0.358. The number of carbonyl (C=O) groups excluding carboxylic acids is 3. The van der Waals surface area contributed by atoms with E-state index in [-0.39, 0.29) is 47.7 Å². The van der Waals surface area contributed by atoms with E-state index in [1.165, 1.54) is 5.56 Å². The van der Waals surface area contributed by atoms with Gasteiger partial charge in [0, 0.05) is 88.1 Å². The van der Waals surface area contributed by atoms with Gasteiger partial charge in [0.2, 0.25) is 29.5 Å². The van der Waals surface area contributed by atoms with Crippen molar-refractivity contribution in [3.8, 4) is 22.9 Å². The molecule has 0 saturated carbocycles. The van der Waals surface area contributed by atoms with Gasteiger partial charge in [-0.3, -0.25) is 24.6 Å². The number of phenolic OH excluding ortho intramolecular Hbond substituents is 1. The van der Waals surface area contributed by atoms with Crippen molar-refractivity contribution in [2.24, 2.45) is 0 Å². The topological polar surface area (TPSA) is 186 Å². The molecule has 314 valence electrons. The van der Waals surface area contributed by atoms with Crippen molar-refractivity contribution in [2.45, 2.75) is 81.5 Å². The van der Waals surface area contributed by atoms with E-state index in [4.69, 9.17) is 15.5 Å². The van der Waals surface area contributed by atoms with Gasteiger partial charge in [0.15, 0.2) is 5.82 Å². The second-order valence-corrected chi connectivity index (χ2v) is 16.8. The molecule has 2 aromatic heterocycles. The molecule has 3 atom stereocenters. The number of hydrogen-bond acceptors (Lipinski definition) is 14. The van der Waals surface area contributed by atoms with Gasteiger partial charge in [0.25, 0.3) is 0 Å². The van der Waals surface area contributed by atoms with E-state index in [1.54, 1.807) is 18.3 Å². The number of ether oxygens (including phenoxy) is 1. The third-order valence-corrected chi connectivity index (χ3v) is 13.1. The first-order valence-electron chi connectivity index (χ1n) is 21.3. The van der Waals surface area contributed by atoms with E-state index in [9.17, 15) is 19.5 Å². The van der Waals surface area contributed by atoms with Crippen LogP contribution in [0.2, 0.25) is 0 Å². The largest absolute Gasteiger partial charge is 0.507 e. The number of phenols is 1. The second-order valence-electron chi connectivity index (χ2n) is 16.8. The number of anilines is 4. The number of carbonyl (C=O) groups is 3. The molecule has 9 rings (SSSR count). The van der Waals surface area contributed by atoms with Crippen molar-refractivity contribution in [3.63, 3.8) is 0 Å². The van der Waals surface area contributed by atoms with Gasteiger partial charge in [-0.1, -0.05) is 24.3 Å². The maximum atomic E-state index is 13.4. The number of nitrogens with two attached hydrogens (primary N) is 1. The third kappa shape index (κ3) is 8.24. The molecule has 5 aliphatic rings. The second kappa shape index (κ2) is 16.9. The molecular weight excluding hydrogens is 763 g/mol. The standard InChI is InChI=1S/C44H53N11O5/c1-51(36-11-12-39(57)47-43(36)59)30-6-4-5-29(23-30)28-14-19-52(20-15-28)27-41(58)53-21-16-33(17-22-53)60-40-13-18-46-44(48-40)55-31-9-10-32(55)26-54(25-31)37-24-35(49-50-42(37)45)34-7-2-3-8-38(34)56/h2-8,13,18,23-24,28,31-33,36,56H,9-12,14-17,19-22,25-27H2,1H3,(H2,45,50)(H,47,57,59)/t31-,32+,36-/m0/s1. The SMILES string of the molecule is CN(c1cccc(C2CCN(CC(=O)N3CCC(Oc4ccnc(N5[C@@H]6CC[C@H]5CN(c5cc(-c7ccccc7O)nnc5N)C6)n4)CC3)CC2)c1)[C@H]1CCC(=O)NC1=O. The zero-order chi connectivity index (χ0) is 41.3. The van der Waals surface area contributed by atoms with Crippen molar-refractivity contribution >= 4 is 40.9 Å². The molecule has 4 aromatic rings. The van der Waals surface area contributed by atoms with Crippen LogP contribution in [-0.2, 0) is 14.4 Å². The molecule has 0 aliphatic carbocycles. The number of benzene rings is 2. The van der Waals surface area contributed by atoms with Crippen molar-refractivity contribution in [1.29, 1.82) is 0 Å². The van der Waals surface area contributed by atoms with E-state index >= 15 is 0 Å². The summed E-state index contributed by atoms with van der Waals surface area (Å²) in [7, 11) is 1.92. The van der Waals surface area contributed by atoms with Crippen molar-refractivity contribution < 1.29 is 24.2 Å². The van der Waals surface area contributed by atoms with Crippen LogP contribution >= 0.6 is 0 Å². The quantitative estimate of drug-likeness (QED) is 0.197. The van der Waals surface area contributed by atoms with Crippen molar-refractivity contribution in [1.82, 2.24) is 35.3 Å². The summed E-state index contributed by atoms with van der Waals surface area (Å²) in [6, 6.07) is 19.2. The molecule has 2 bridgehead atoms. The highest BCUT2D eigenvalue weighted by molar-refractivity contribution is 6.01. The fraction of sp³-hybridized carbons (Fsp3) is 0.477. The van der Waals surface area contributed by atoms with Crippen molar-refractivity contribution in [3.05, 3.63) is 72.4 Å². The highest BCUT2D eigenvalue weighted by Gasteiger charge is 2.42. The zero-order valence-electron chi connectivity index (χ0n) is 34.0. The normalized spacial score (nSPS) is 22.8. The summed E-state index contributed by atoms with van der Waals surface area (Å²) in [6.07, 6.45) is 8.02. The summed E-state index contributed by atoms with van der Waals surface area (Å²) in [6.45, 7) is 4.88. The number of nitrogens with one attached hydrogen (secondary N) is 1. The maximum Gasteiger partial charge on any atom is 0.249 e. The average molecular weight is 816 g/mol. The van der Waals surface area contributed by atoms with Crippen molar-refractivity contribution in [2.75, 3.05) is 73.3 Å². The summed E-state index contributed by atoms with van der Waals surface area (Å²) >= 11 is 0. The smallest absolute Gasteiger partial charge is 0.249 e. The third-order valence-electron chi connectivity index (χ3n) is 13.1. The van der Waals surface area contributed by atoms with E-state index < -0.39 is 0 Å². The maximum absolute atomic E-state index is 13.4. The predicted octanol–water partition coefficient (Wildman–Crippen LogP) is 3.57. The summed E-state index contributed by atoms with van der Waals surface area (Å²) in [5.74, 6) is 1.83. The fourth-order valence-corrected chi connectivity index (χ4v) is 9.75. The number of nitrogen functional groups attached to an aromatic ring is 1. The Morgan fingerprint density at radius 1 is 0.917 bits per heavy atom. The first-order valence-corrected chi connectivity index (χ1v) is 21.3. The number of piperidine rings is 3. The van der Waals surface area contributed by atoms with E-state index in [0.29, 0.717) is 67.3 Å². The molecule has 5 saturated heterocycles. The van der Waals surface area contributed by atoms with Crippen LogP contribution < -0.4 is 30.5 Å². The summed E-state index contributed by atoms with van der Waals surface area (Å²) in [5.41, 5.74) is 10.6. The predicted molar refractivity (Wildman–Crippen MR) is 227 cm³/mol. The monoisotopic (exact) mass is 815 g/mol. The number of para-hydroxylation sites is 1. The minimum Gasteiger partial charge on any atom is -0.507 e. The number of piperazine rings is 1. The highest BCUT2D eigenvalue weighted by atomic mass is 16.5. The van der Waals surface area contributed by atoms with Crippen LogP contribution in [0.5, 0.6) is 11.6 Å². The molecule has 3 amide bonds. The summed E-state index contributed by atoms with van der Waals surface area (Å²) in [4.78, 5) is 57.9. The van der Waals surface area contributed by atoms with Crippen LogP contribution in [0.25, 0.3) is 11.3 Å². The fourth-order valence-electron chi connectivity index (χ4n) is 9.75. The van der Waals surface area contributed by atoms with Gasteiger partial charge in [0.05, 0.1) is 17.9 Å². The molecule has 16 heteroatoms. The van der Waals surface area contributed by atoms with Crippen LogP contribution in [0, 0.1) is 0 Å². The molecule has 7 heterocycles. The molecule has 60 heavy (non-hydrogen) atoms.